The van der Waals surface area contributed by atoms with Crippen LogP contribution in [-0.2, 0) is 0 Å². The van der Waals surface area contributed by atoms with Gasteiger partial charge in [0, 0.05) is 6.42 Å². The van der Waals surface area contributed by atoms with E-state index in [1.165, 1.54) is 0 Å². The minimum atomic E-state index is -0.445. The van der Waals surface area contributed by atoms with Gasteiger partial charge in [0.2, 0.25) is 0 Å². The van der Waals surface area contributed by atoms with E-state index in [0.717, 1.165) is 19.3 Å². The van der Waals surface area contributed by atoms with E-state index in [2.05, 4.69) is 23.7 Å². The van der Waals surface area contributed by atoms with Gasteiger partial charge in [0.1, 0.15) is 6.10 Å². The number of rotatable bonds is 0. The van der Waals surface area contributed by atoms with Gasteiger partial charge >= 0.3 is 0 Å². The fourth-order valence-corrected chi connectivity index (χ4v) is 0.682. The zero-order valence-electron chi connectivity index (χ0n) is 5.15. The van der Waals surface area contributed by atoms with E-state index in [1.807, 2.05) is 0 Å². The van der Waals surface area contributed by atoms with Crippen LogP contribution in [0.15, 0.2) is 0 Å². The molecule has 1 rings (SSSR count). The van der Waals surface area contributed by atoms with E-state index in [-0.39, 0.29) is 0 Å². The Morgan fingerprint density at radius 1 is 1.33 bits per heavy atom. The molecule has 0 aliphatic heterocycles. The molecule has 0 aromatic carbocycles. The maximum atomic E-state index is 8.97. The third kappa shape index (κ3) is 2.22. The van der Waals surface area contributed by atoms with Crippen LogP contribution < -0.4 is 0 Å². The fourth-order valence-electron chi connectivity index (χ4n) is 0.682. The highest BCUT2D eigenvalue weighted by Crippen LogP contribution is 1.99. The van der Waals surface area contributed by atoms with Gasteiger partial charge < -0.3 is 5.11 Å². The van der Waals surface area contributed by atoms with Gasteiger partial charge in [0.25, 0.3) is 0 Å². The Morgan fingerprint density at radius 3 is 3.11 bits per heavy atom. The molecule has 0 aromatic rings. The lowest BCUT2D eigenvalue weighted by Crippen LogP contribution is -2.02. The molecule has 0 bridgehead atoms. The van der Waals surface area contributed by atoms with Gasteiger partial charge in [-0.25, -0.2) is 0 Å². The van der Waals surface area contributed by atoms with E-state index in [0.29, 0.717) is 0 Å². The Balaban J connectivity index is 2.57. The highest BCUT2D eigenvalue weighted by Gasteiger charge is 1.97. The standard InChI is InChI=1S/C8H8O/c9-8-6-4-2-1-3-5-7-8/h8-9H,2,4,6H2. The van der Waals surface area contributed by atoms with Gasteiger partial charge in [-0.1, -0.05) is 11.8 Å². The van der Waals surface area contributed by atoms with Crippen molar-refractivity contribution in [3.05, 3.63) is 0 Å². The lowest BCUT2D eigenvalue weighted by atomic mass is 10.1. The SMILES string of the molecule is OC1C#CC#CCCC1. The second-order valence-electron chi connectivity index (χ2n) is 1.98. The van der Waals surface area contributed by atoms with Crippen LogP contribution >= 0.6 is 0 Å². The predicted molar refractivity (Wildman–Crippen MR) is 35.4 cm³/mol. The summed E-state index contributed by atoms with van der Waals surface area (Å²) in [5.74, 6) is 10.7. The molecule has 1 aliphatic rings. The van der Waals surface area contributed by atoms with Crippen LogP contribution in [0, 0.1) is 23.7 Å². The number of hydrogen-bond acceptors (Lipinski definition) is 1. The monoisotopic (exact) mass is 120 g/mol. The summed E-state index contributed by atoms with van der Waals surface area (Å²) in [6.45, 7) is 0. The Labute approximate surface area is 55.1 Å². The Morgan fingerprint density at radius 2 is 2.22 bits per heavy atom. The molecule has 46 valence electrons. The molecule has 0 spiro atoms. The summed E-state index contributed by atoms with van der Waals surface area (Å²) < 4.78 is 0. The Bertz CT molecular complexity index is 196. The summed E-state index contributed by atoms with van der Waals surface area (Å²) in [5.41, 5.74) is 0. The summed E-state index contributed by atoms with van der Waals surface area (Å²) in [6.07, 6.45) is 2.15. The average Bonchev–Trinajstić information content (AvgIpc) is 1.79. The molecule has 1 heteroatoms. The van der Waals surface area contributed by atoms with E-state index in [9.17, 15) is 0 Å². The molecule has 0 aromatic heterocycles. The Hall–Kier alpha value is -0.920. The van der Waals surface area contributed by atoms with Crippen LogP contribution in [0.3, 0.4) is 0 Å². The zero-order chi connectivity index (χ0) is 6.53. The van der Waals surface area contributed by atoms with Crippen molar-refractivity contribution in [3.8, 4) is 23.7 Å². The molecule has 1 nitrogen and oxygen atoms in total. The van der Waals surface area contributed by atoms with Crippen LogP contribution in [0.2, 0.25) is 0 Å². The first-order valence-electron chi connectivity index (χ1n) is 3.06. The lowest BCUT2D eigenvalue weighted by molar-refractivity contribution is 0.219. The predicted octanol–water partition coefficient (Wildman–Crippen LogP) is 0.538. The molecule has 1 aliphatic carbocycles. The van der Waals surface area contributed by atoms with Crippen molar-refractivity contribution < 1.29 is 5.11 Å². The maximum Gasteiger partial charge on any atom is 0.115 e. The van der Waals surface area contributed by atoms with Crippen molar-refractivity contribution in [2.45, 2.75) is 25.4 Å². The van der Waals surface area contributed by atoms with Crippen LogP contribution in [0.4, 0.5) is 0 Å². The second kappa shape index (κ2) is 3.17. The first-order chi connectivity index (χ1) is 4.39. The van der Waals surface area contributed by atoms with Crippen LogP contribution in [-0.4, -0.2) is 11.2 Å². The minimum Gasteiger partial charge on any atom is -0.380 e. The van der Waals surface area contributed by atoms with Gasteiger partial charge in [-0.05, 0) is 24.7 Å². The zero-order valence-corrected chi connectivity index (χ0v) is 5.15. The molecule has 0 fully saturated rings. The van der Waals surface area contributed by atoms with Crippen molar-refractivity contribution in [1.82, 2.24) is 0 Å². The highest BCUT2D eigenvalue weighted by atomic mass is 16.3. The molecule has 0 saturated heterocycles. The van der Waals surface area contributed by atoms with Gasteiger partial charge in [-0.2, -0.15) is 0 Å². The quantitative estimate of drug-likeness (QED) is 0.462. The van der Waals surface area contributed by atoms with Crippen molar-refractivity contribution >= 4 is 0 Å². The summed E-state index contributed by atoms with van der Waals surface area (Å²) in [7, 11) is 0. The van der Waals surface area contributed by atoms with E-state index >= 15 is 0 Å². The van der Waals surface area contributed by atoms with Crippen molar-refractivity contribution in [2.75, 3.05) is 0 Å². The lowest BCUT2D eigenvalue weighted by Gasteiger charge is -1.99. The first-order valence-corrected chi connectivity index (χ1v) is 3.06. The fraction of sp³-hybridized carbons (Fsp3) is 0.500. The third-order valence-electron chi connectivity index (χ3n) is 1.17. The van der Waals surface area contributed by atoms with Crippen molar-refractivity contribution in [1.29, 1.82) is 0 Å². The van der Waals surface area contributed by atoms with Gasteiger partial charge in [0.05, 0.1) is 0 Å². The molecular weight excluding hydrogens is 112 g/mol. The average molecular weight is 120 g/mol. The largest absolute Gasteiger partial charge is 0.380 e. The number of hydrogen-bond donors (Lipinski definition) is 1. The van der Waals surface area contributed by atoms with Crippen molar-refractivity contribution in [3.63, 3.8) is 0 Å². The molecule has 1 unspecified atom stereocenters. The minimum absolute atomic E-state index is 0.445. The second-order valence-corrected chi connectivity index (χ2v) is 1.98. The highest BCUT2D eigenvalue weighted by molar-refractivity contribution is 5.28. The molecule has 0 heterocycles. The summed E-state index contributed by atoms with van der Waals surface area (Å²) in [5, 5.41) is 8.97. The van der Waals surface area contributed by atoms with Crippen LogP contribution in [0.25, 0.3) is 0 Å². The molecule has 0 saturated carbocycles. The van der Waals surface area contributed by atoms with Crippen LogP contribution in [0.5, 0.6) is 0 Å². The normalized spacial score (nSPS) is 23.9. The Kier molecular flexibility index (Phi) is 2.19. The van der Waals surface area contributed by atoms with Crippen LogP contribution in [0.1, 0.15) is 19.3 Å². The first kappa shape index (κ1) is 6.20. The maximum absolute atomic E-state index is 8.97. The van der Waals surface area contributed by atoms with E-state index in [1.54, 1.807) is 0 Å². The van der Waals surface area contributed by atoms with Gasteiger partial charge in [-0.15, -0.1) is 0 Å². The van der Waals surface area contributed by atoms with E-state index < -0.39 is 6.10 Å². The summed E-state index contributed by atoms with van der Waals surface area (Å²) >= 11 is 0. The molecule has 1 atom stereocenters. The van der Waals surface area contributed by atoms with Gasteiger partial charge in [-0.3, -0.25) is 0 Å². The third-order valence-corrected chi connectivity index (χ3v) is 1.17. The topological polar surface area (TPSA) is 20.2 Å². The summed E-state index contributed by atoms with van der Waals surface area (Å²) in [6, 6.07) is 0. The number of aliphatic hydroxyl groups is 1. The molecule has 1 N–H and O–H groups in total. The van der Waals surface area contributed by atoms with Crippen molar-refractivity contribution in [2.24, 2.45) is 0 Å². The smallest absolute Gasteiger partial charge is 0.115 e. The number of aliphatic hydroxyl groups excluding tert-OH is 1. The molecule has 0 radical (unpaired) electrons. The molecular formula is C8H8O. The summed E-state index contributed by atoms with van der Waals surface area (Å²) in [4.78, 5) is 0. The molecule has 0 amide bonds. The molecule has 9 heavy (non-hydrogen) atoms. The van der Waals surface area contributed by atoms with E-state index in [4.69, 9.17) is 5.11 Å². The van der Waals surface area contributed by atoms with Gasteiger partial charge in [0.15, 0.2) is 0 Å².